The summed E-state index contributed by atoms with van der Waals surface area (Å²) in [5.74, 6) is -0.263. The summed E-state index contributed by atoms with van der Waals surface area (Å²) in [5.41, 5.74) is 6.00. The van der Waals surface area contributed by atoms with E-state index < -0.39 is 18.2 Å². The van der Waals surface area contributed by atoms with E-state index in [2.05, 4.69) is 6.92 Å². The standard InChI is InChI=1S/C36H73NO5/c1-2-3-4-5-6-7-8-14-17-20-23-26-29-34(39)36(41)33(37)32-42-35(40)30-27-24-21-18-15-12-10-9-11-13-16-19-22-25-28-31-38/h33-34,36,38-39,41H,2-32,37H2,1H3. The molecule has 0 aliphatic heterocycles. The molecule has 0 aromatic heterocycles. The molecule has 252 valence electrons. The first-order valence-corrected chi connectivity index (χ1v) is 18.4. The Hall–Kier alpha value is -0.690. The van der Waals surface area contributed by atoms with E-state index >= 15 is 0 Å². The maximum atomic E-state index is 12.1. The Morgan fingerprint density at radius 3 is 1.33 bits per heavy atom. The third-order valence-corrected chi connectivity index (χ3v) is 8.66. The lowest BCUT2D eigenvalue weighted by Crippen LogP contribution is -2.46. The molecular weight excluding hydrogens is 526 g/mol. The maximum Gasteiger partial charge on any atom is 0.305 e. The molecule has 0 aliphatic rings. The van der Waals surface area contributed by atoms with Gasteiger partial charge in [-0.05, 0) is 19.3 Å². The summed E-state index contributed by atoms with van der Waals surface area (Å²) in [7, 11) is 0. The number of aliphatic hydroxyl groups excluding tert-OH is 3. The second-order valence-electron chi connectivity index (χ2n) is 12.9. The zero-order valence-electron chi connectivity index (χ0n) is 27.9. The minimum absolute atomic E-state index is 0.0424. The molecule has 3 atom stereocenters. The van der Waals surface area contributed by atoms with Crippen LogP contribution in [-0.4, -0.2) is 52.8 Å². The van der Waals surface area contributed by atoms with Crippen molar-refractivity contribution in [1.29, 1.82) is 0 Å². The van der Waals surface area contributed by atoms with Crippen LogP contribution in [0.2, 0.25) is 0 Å². The van der Waals surface area contributed by atoms with E-state index in [1.807, 2.05) is 0 Å². The first-order chi connectivity index (χ1) is 20.5. The Morgan fingerprint density at radius 2 is 0.929 bits per heavy atom. The number of hydrogen-bond donors (Lipinski definition) is 4. The van der Waals surface area contributed by atoms with Crippen molar-refractivity contribution in [2.75, 3.05) is 13.2 Å². The van der Waals surface area contributed by atoms with Crippen molar-refractivity contribution in [3.63, 3.8) is 0 Å². The summed E-state index contributed by atoms with van der Waals surface area (Å²) >= 11 is 0. The van der Waals surface area contributed by atoms with E-state index in [1.165, 1.54) is 135 Å². The lowest BCUT2D eigenvalue weighted by Gasteiger charge is -2.23. The van der Waals surface area contributed by atoms with Crippen LogP contribution in [0.25, 0.3) is 0 Å². The quantitative estimate of drug-likeness (QED) is 0.0434. The van der Waals surface area contributed by atoms with Crippen molar-refractivity contribution < 1.29 is 24.9 Å². The summed E-state index contributed by atoms with van der Waals surface area (Å²) in [6.45, 7) is 2.55. The molecule has 42 heavy (non-hydrogen) atoms. The summed E-state index contributed by atoms with van der Waals surface area (Å²) in [6, 6.07) is -0.752. The molecule has 0 aromatic carbocycles. The van der Waals surface area contributed by atoms with Gasteiger partial charge in [0, 0.05) is 13.0 Å². The fourth-order valence-corrected chi connectivity index (χ4v) is 5.69. The predicted octanol–water partition coefficient (Wildman–Crippen LogP) is 8.90. The molecule has 0 heterocycles. The molecule has 0 aromatic rings. The van der Waals surface area contributed by atoms with Crippen molar-refractivity contribution in [3.8, 4) is 0 Å². The van der Waals surface area contributed by atoms with Crippen LogP contribution in [0, 0.1) is 0 Å². The smallest absolute Gasteiger partial charge is 0.305 e. The third kappa shape index (κ3) is 29.4. The third-order valence-electron chi connectivity index (χ3n) is 8.66. The van der Waals surface area contributed by atoms with Crippen molar-refractivity contribution in [2.24, 2.45) is 5.73 Å². The van der Waals surface area contributed by atoms with Gasteiger partial charge in [-0.3, -0.25) is 4.79 Å². The highest BCUT2D eigenvalue weighted by atomic mass is 16.5. The number of aliphatic hydroxyl groups is 3. The molecule has 5 N–H and O–H groups in total. The Balaban J connectivity index is 3.51. The molecule has 6 heteroatoms. The Bertz CT molecular complexity index is 547. The Morgan fingerprint density at radius 1 is 0.571 bits per heavy atom. The van der Waals surface area contributed by atoms with Crippen LogP contribution in [0.3, 0.4) is 0 Å². The van der Waals surface area contributed by atoms with Gasteiger partial charge in [-0.15, -0.1) is 0 Å². The topological polar surface area (TPSA) is 113 Å². The van der Waals surface area contributed by atoms with Crippen molar-refractivity contribution in [1.82, 2.24) is 0 Å². The summed E-state index contributed by atoms with van der Waals surface area (Å²) in [4.78, 5) is 12.1. The van der Waals surface area contributed by atoms with Gasteiger partial charge in [0.1, 0.15) is 6.61 Å². The number of hydrogen-bond acceptors (Lipinski definition) is 6. The van der Waals surface area contributed by atoms with Crippen LogP contribution in [0.15, 0.2) is 0 Å². The van der Waals surface area contributed by atoms with Gasteiger partial charge in [-0.25, -0.2) is 0 Å². The van der Waals surface area contributed by atoms with E-state index in [0.717, 1.165) is 38.5 Å². The van der Waals surface area contributed by atoms with Crippen LogP contribution in [0.4, 0.5) is 0 Å². The normalized spacial score (nSPS) is 13.7. The van der Waals surface area contributed by atoms with Gasteiger partial charge >= 0.3 is 5.97 Å². The van der Waals surface area contributed by atoms with Gasteiger partial charge < -0.3 is 25.8 Å². The maximum absolute atomic E-state index is 12.1. The van der Waals surface area contributed by atoms with Crippen molar-refractivity contribution in [3.05, 3.63) is 0 Å². The highest BCUT2D eigenvalue weighted by molar-refractivity contribution is 5.69. The first kappa shape index (κ1) is 41.3. The molecule has 0 saturated carbocycles. The number of rotatable bonds is 34. The fraction of sp³-hybridized carbons (Fsp3) is 0.972. The van der Waals surface area contributed by atoms with Gasteiger partial charge in [0.05, 0.1) is 18.2 Å². The second kappa shape index (κ2) is 33.2. The molecule has 0 amide bonds. The van der Waals surface area contributed by atoms with Crippen LogP contribution in [0.5, 0.6) is 0 Å². The Labute approximate surface area is 261 Å². The molecule has 0 radical (unpaired) electrons. The SMILES string of the molecule is CCCCCCCCCCCCCCC(O)C(O)C(N)COC(=O)CCCCCCCCCCCCCCCCCO. The van der Waals surface area contributed by atoms with Crippen LogP contribution < -0.4 is 5.73 Å². The van der Waals surface area contributed by atoms with Crippen molar-refractivity contribution >= 4 is 5.97 Å². The van der Waals surface area contributed by atoms with Gasteiger partial charge in [-0.1, -0.05) is 167 Å². The Kier molecular flexibility index (Phi) is 32.7. The van der Waals surface area contributed by atoms with Crippen LogP contribution in [-0.2, 0) is 9.53 Å². The second-order valence-corrected chi connectivity index (χ2v) is 12.9. The number of ether oxygens (including phenoxy) is 1. The molecular formula is C36H73NO5. The number of nitrogens with two attached hydrogens (primary N) is 1. The van der Waals surface area contributed by atoms with E-state index in [9.17, 15) is 15.0 Å². The number of carbonyl (C=O) groups excluding carboxylic acids is 1. The molecule has 0 spiro atoms. The molecule has 3 unspecified atom stereocenters. The first-order valence-electron chi connectivity index (χ1n) is 18.4. The summed E-state index contributed by atoms with van der Waals surface area (Å²) in [5, 5.41) is 29.4. The summed E-state index contributed by atoms with van der Waals surface area (Å²) in [6.07, 6.45) is 32.4. The molecule has 6 nitrogen and oxygen atoms in total. The van der Waals surface area contributed by atoms with Crippen LogP contribution >= 0.6 is 0 Å². The lowest BCUT2D eigenvalue weighted by atomic mass is 10.00. The molecule has 0 saturated heterocycles. The highest BCUT2D eigenvalue weighted by Gasteiger charge is 2.24. The van der Waals surface area contributed by atoms with Gasteiger partial charge in [0.2, 0.25) is 0 Å². The van der Waals surface area contributed by atoms with E-state index in [-0.39, 0.29) is 12.6 Å². The molecule has 0 aliphatic carbocycles. The molecule has 0 fully saturated rings. The summed E-state index contributed by atoms with van der Waals surface area (Å²) < 4.78 is 5.27. The fourth-order valence-electron chi connectivity index (χ4n) is 5.69. The molecule has 0 rings (SSSR count). The zero-order chi connectivity index (χ0) is 30.9. The van der Waals surface area contributed by atoms with Crippen molar-refractivity contribution in [2.45, 2.75) is 211 Å². The zero-order valence-corrected chi connectivity index (χ0v) is 27.9. The minimum atomic E-state index is -1.06. The number of carbonyl (C=O) groups is 1. The number of unbranched alkanes of at least 4 members (excludes halogenated alkanes) is 25. The minimum Gasteiger partial charge on any atom is -0.464 e. The average molecular weight is 600 g/mol. The van der Waals surface area contributed by atoms with Gasteiger partial charge in [-0.2, -0.15) is 0 Å². The average Bonchev–Trinajstić information content (AvgIpc) is 2.99. The molecule has 0 bridgehead atoms. The number of esters is 1. The van der Waals surface area contributed by atoms with Gasteiger partial charge in [0.15, 0.2) is 0 Å². The monoisotopic (exact) mass is 600 g/mol. The van der Waals surface area contributed by atoms with Gasteiger partial charge in [0.25, 0.3) is 0 Å². The lowest BCUT2D eigenvalue weighted by molar-refractivity contribution is -0.145. The predicted molar refractivity (Wildman–Crippen MR) is 178 cm³/mol. The largest absolute Gasteiger partial charge is 0.464 e. The van der Waals surface area contributed by atoms with E-state index in [4.69, 9.17) is 15.6 Å². The highest BCUT2D eigenvalue weighted by Crippen LogP contribution is 2.16. The van der Waals surface area contributed by atoms with Crippen LogP contribution in [0.1, 0.15) is 193 Å². The van der Waals surface area contributed by atoms with E-state index in [0.29, 0.717) is 19.4 Å². The van der Waals surface area contributed by atoms with E-state index in [1.54, 1.807) is 0 Å².